The van der Waals surface area contributed by atoms with Crippen molar-refractivity contribution in [2.75, 3.05) is 33.8 Å². The minimum absolute atomic E-state index is 0.125. The smallest absolute Gasteiger partial charge is 0.126 e. The molecule has 0 aliphatic rings. The van der Waals surface area contributed by atoms with Crippen molar-refractivity contribution in [3.63, 3.8) is 0 Å². The molecule has 20 heavy (non-hydrogen) atoms. The number of hydrogen-bond acceptors (Lipinski definition) is 2. The summed E-state index contributed by atoms with van der Waals surface area (Å²) >= 11 is 0. The third-order valence-electron chi connectivity index (χ3n) is 4.03. The molecule has 3 heteroatoms. The second-order valence-corrected chi connectivity index (χ2v) is 6.86. The quantitative estimate of drug-likeness (QED) is 0.380. The Hall–Kier alpha value is -0.120. The average Bonchev–Trinajstić information content (AvgIpc) is 2.40. The molecule has 0 spiro atoms. The van der Waals surface area contributed by atoms with Crippen molar-refractivity contribution in [2.45, 2.75) is 77.2 Å². The molecule has 1 atom stereocenters. The number of quaternary nitrogens is 1. The van der Waals surface area contributed by atoms with Crippen molar-refractivity contribution in [3.8, 4) is 0 Å². The van der Waals surface area contributed by atoms with Crippen LogP contribution in [-0.2, 0) is 0 Å². The first-order valence-electron chi connectivity index (χ1n) is 8.62. The molecule has 2 N–H and O–H groups in total. The predicted octanol–water partition coefficient (Wildman–Crippen LogP) is 3.34. The first kappa shape index (κ1) is 19.9. The molecule has 0 saturated heterocycles. The van der Waals surface area contributed by atoms with Crippen LogP contribution in [0.1, 0.15) is 71.1 Å². The van der Waals surface area contributed by atoms with Crippen molar-refractivity contribution in [2.24, 2.45) is 0 Å². The lowest BCUT2D eigenvalue weighted by atomic mass is 10.1. The molecule has 122 valence electrons. The Morgan fingerprint density at radius 3 is 1.70 bits per heavy atom. The van der Waals surface area contributed by atoms with Crippen molar-refractivity contribution >= 4 is 0 Å². The van der Waals surface area contributed by atoms with E-state index >= 15 is 0 Å². The minimum Gasteiger partial charge on any atom is -0.393 e. The molecule has 0 saturated carbocycles. The Labute approximate surface area is 126 Å². The van der Waals surface area contributed by atoms with Crippen LogP contribution >= 0.6 is 0 Å². The van der Waals surface area contributed by atoms with Gasteiger partial charge in [-0.3, -0.25) is 0 Å². The van der Waals surface area contributed by atoms with Crippen LogP contribution in [-0.4, -0.2) is 54.6 Å². The third-order valence-corrected chi connectivity index (χ3v) is 4.03. The molecule has 1 unspecified atom stereocenters. The standard InChI is InChI=1S/C17H38NO2/c1-4-5-6-7-8-9-10-11-12-13-14-18(2,3)15-17(20)16-19/h17,19-20H,4-16H2,1-3H3/q+1. The van der Waals surface area contributed by atoms with Gasteiger partial charge in [0.05, 0.1) is 27.2 Å². The lowest BCUT2D eigenvalue weighted by Gasteiger charge is -2.31. The van der Waals surface area contributed by atoms with Crippen LogP contribution in [0, 0.1) is 0 Å². The van der Waals surface area contributed by atoms with Crippen molar-refractivity contribution in [1.82, 2.24) is 0 Å². The monoisotopic (exact) mass is 288 g/mol. The Morgan fingerprint density at radius 2 is 1.25 bits per heavy atom. The molecule has 0 fully saturated rings. The van der Waals surface area contributed by atoms with E-state index in [4.69, 9.17) is 5.11 Å². The molecule has 0 bridgehead atoms. The highest BCUT2D eigenvalue weighted by molar-refractivity contribution is 4.51. The fourth-order valence-electron chi connectivity index (χ4n) is 2.75. The summed E-state index contributed by atoms with van der Waals surface area (Å²) in [6, 6.07) is 0. The summed E-state index contributed by atoms with van der Waals surface area (Å²) in [6.45, 7) is 3.88. The summed E-state index contributed by atoms with van der Waals surface area (Å²) in [7, 11) is 4.26. The van der Waals surface area contributed by atoms with Gasteiger partial charge in [-0.05, 0) is 12.8 Å². The number of likely N-dealkylation sites (N-methyl/N-ethyl adjacent to an activating group) is 1. The molecular formula is C17H38NO2+. The normalized spacial score (nSPS) is 13.7. The van der Waals surface area contributed by atoms with Gasteiger partial charge < -0.3 is 14.7 Å². The van der Waals surface area contributed by atoms with Crippen LogP contribution in [0.2, 0.25) is 0 Å². The SMILES string of the molecule is CCCCCCCCCCCC[N+](C)(C)CC(O)CO. The lowest BCUT2D eigenvalue weighted by Crippen LogP contribution is -2.46. The average molecular weight is 288 g/mol. The van der Waals surface area contributed by atoms with Crippen LogP contribution in [0.4, 0.5) is 0 Å². The van der Waals surface area contributed by atoms with E-state index in [-0.39, 0.29) is 6.61 Å². The van der Waals surface area contributed by atoms with Crippen molar-refractivity contribution in [3.05, 3.63) is 0 Å². The highest BCUT2D eigenvalue weighted by Gasteiger charge is 2.19. The summed E-state index contributed by atoms with van der Waals surface area (Å²) < 4.78 is 0.804. The molecular weight excluding hydrogens is 250 g/mol. The van der Waals surface area contributed by atoms with Gasteiger partial charge in [0.25, 0.3) is 0 Å². The maximum atomic E-state index is 9.49. The van der Waals surface area contributed by atoms with Crippen LogP contribution in [0.25, 0.3) is 0 Å². The number of aliphatic hydroxyl groups is 2. The van der Waals surface area contributed by atoms with Crippen LogP contribution in [0.5, 0.6) is 0 Å². The Balaban J connectivity index is 3.34. The number of nitrogens with zero attached hydrogens (tertiary/aromatic N) is 1. The van der Waals surface area contributed by atoms with E-state index in [1.165, 1.54) is 64.2 Å². The summed E-state index contributed by atoms with van der Waals surface area (Å²) in [5.41, 5.74) is 0. The maximum Gasteiger partial charge on any atom is 0.126 e. The van der Waals surface area contributed by atoms with Crippen LogP contribution in [0.15, 0.2) is 0 Å². The highest BCUT2D eigenvalue weighted by Crippen LogP contribution is 2.11. The Bertz CT molecular complexity index is 207. The first-order valence-corrected chi connectivity index (χ1v) is 8.62. The van der Waals surface area contributed by atoms with Crippen LogP contribution < -0.4 is 0 Å². The second-order valence-electron chi connectivity index (χ2n) is 6.86. The molecule has 0 amide bonds. The summed E-state index contributed by atoms with van der Waals surface area (Å²) in [5.74, 6) is 0. The molecule has 0 aromatic heterocycles. The minimum atomic E-state index is -0.576. The molecule has 0 aromatic carbocycles. The number of aliphatic hydroxyl groups excluding tert-OH is 2. The summed E-state index contributed by atoms with van der Waals surface area (Å²) in [4.78, 5) is 0. The van der Waals surface area contributed by atoms with E-state index < -0.39 is 6.10 Å². The highest BCUT2D eigenvalue weighted by atomic mass is 16.3. The fraction of sp³-hybridized carbons (Fsp3) is 1.00. The van der Waals surface area contributed by atoms with Crippen LogP contribution in [0.3, 0.4) is 0 Å². The van der Waals surface area contributed by atoms with E-state index in [2.05, 4.69) is 21.0 Å². The van der Waals surface area contributed by atoms with Gasteiger partial charge in [-0.25, -0.2) is 0 Å². The van der Waals surface area contributed by atoms with Gasteiger partial charge in [0.15, 0.2) is 0 Å². The van der Waals surface area contributed by atoms with Gasteiger partial charge in [0.2, 0.25) is 0 Å². The molecule has 0 rings (SSSR count). The lowest BCUT2D eigenvalue weighted by molar-refractivity contribution is -0.893. The summed E-state index contributed by atoms with van der Waals surface area (Å²) in [5, 5.41) is 18.4. The molecule has 0 aromatic rings. The third kappa shape index (κ3) is 12.9. The van der Waals surface area contributed by atoms with Gasteiger partial charge in [-0.15, -0.1) is 0 Å². The Kier molecular flexibility index (Phi) is 12.5. The van der Waals surface area contributed by atoms with E-state index in [0.29, 0.717) is 6.54 Å². The zero-order valence-electron chi connectivity index (χ0n) is 14.1. The van der Waals surface area contributed by atoms with Gasteiger partial charge >= 0.3 is 0 Å². The van der Waals surface area contributed by atoms with E-state index in [0.717, 1.165) is 11.0 Å². The van der Waals surface area contributed by atoms with Crippen molar-refractivity contribution in [1.29, 1.82) is 0 Å². The van der Waals surface area contributed by atoms with Gasteiger partial charge in [0, 0.05) is 0 Å². The van der Waals surface area contributed by atoms with Gasteiger partial charge in [-0.1, -0.05) is 58.3 Å². The molecule has 3 nitrogen and oxygen atoms in total. The Morgan fingerprint density at radius 1 is 0.800 bits per heavy atom. The number of unbranched alkanes of at least 4 members (excludes halogenated alkanes) is 9. The molecule has 0 radical (unpaired) electrons. The molecule has 0 aliphatic heterocycles. The van der Waals surface area contributed by atoms with E-state index in [1.807, 2.05) is 0 Å². The van der Waals surface area contributed by atoms with E-state index in [1.54, 1.807) is 0 Å². The van der Waals surface area contributed by atoms with Gasteiger partial charge in [0.1, 0.15) is 12.6 Å². The molecule has 0 heterocycles. The van der Waals surface area contributed by atoms with Crippen molar-refractivity contribution < 1.29 is 14.7 Å². The zero-order chi connectivity index (χ0) is 15.3. The largest absolute Gasteiger partial charge is 0.393 e. The maximum absolute atomic E-state index is 9.49. The summed E-state index contributed by atoms with van der Waals surface area (Å²) in [6.07, 6.45) is 13.0. The zero-order valence-corrected chi connectivity index (χ0v) is 14.1. The fourth-order valence-corrected chi connectivity index (χ4v) is 2.75. The topological polar surface area (TPSA) is 40.5 Å². The molecule has 0 aliphatic carbocycles. The number of rotatable bonds is 14. The second kappa shape index (κ2) is 12.6. The van der Waals surface area contributed by atoms with E-state index in [9.17, 15) is 5.11 Å². The van der Waals surface area contributed by atoms with Gasteiger partial charge in [-0.2, -0.15) is 0 Å². The number of hydrogen-bond donors (Lipinski definition) is 2. The first-order chi connectivity index (χ1) is 9.52. The predicted molar refractivity (Wildman–Crippen MR) is 86.8 cm³/mol.